The van der Waals surface area contributed by atoms with Crippen molar-refractivity contribution in [3.8, 4) is 11.5 Å². The number of aromatic nitrogens is 2. The Morgan fingerprint density at radius 3 is 2.75 bits per heavy atom. The Hall–Kier alpha value is -3.32. The smallest absolute Gasteiger partial charge is 0.255 e. The van der Waals surface area contributed by atoms with Crippen molar-refractivity contribution in [2.24, 2.45) is 0 Å². The molecular formula is C21H23N3O4. The van der Waals surface area contributed by atoms with Gasteiger partial charge in [0.15, 0.2) is 11.5 Å². The van der Waals surface area contributed by atoms with Crippen molar-refractivity contribution in [3.63, 3.8) is 0 Å². The first-order valence-corrected chi connectivity index (χ1v) is 8.96. The van der Waals surface area contributed by atoms with E-state index in [-0.39, 0.29) is 5.91 Å². The maximum absolute atomic E-state index is 12.5. The SMILES string of the molecule is CCOCn1cc(NC(=O)c2cccc(COc3ccccc3OC)c2)cn1. The summed E-state index contributed by atoms with van der Waals surface area (Å²) < 4.78 is 18.0. The zero-order valence-electron chi connectivity index (χ0n) is 15.9. The van der Waals surface area contributed by atoms with E-state index >= 15 is 0 Å². The second-order valence-corrected chi connectivity index (χ2v) is 5.98. The molecule has 1 N–H and O–H groups in total. The molecule has 0 aliphatic heterocycles. The van der Waals surface area contributed by atoms with Crippen LogP contribution in [0, 0.1) is 0 Å². The predicted molar refractivity (Wildman–Crippen MR) is 106 cm³/mol. The number of ether oxygens (including phenoxy) is 3. The Kier molecular flexibility index (Phi) is 6.64. The average molecular weight is 381 g/mol. The summed E-state index contributed by atoms with van der Waals surface area (Å²) in [4.78, 5) is 12.5. The van der Waals surface area contributed by atoms with Crippen LogP contribution in [-0.2, 0) is 18.1 Å². The first kappa shape index (κ1) is 19.4. The normalized spacial score (nSPS) is 10.5. The Morgan fingerprint density at radius 2 is 1.96 bits per heavy atom. The van der Waals surface area contributed by atoms with Gasteiger partial charge in [0.2, 0.25) is 0 Å². The molecule has 0 spiro atoms. The van der Waals surface area contributed by atoms with E-state index in [2.05, 4.69) is 10.4 Å². The molecule has 7 heteroatoms. The highest BCUT2D eigenvalue weighted by Crippen LogP contribution is 2.26. The molecule has 0 aliphatic carbocycles. The van der Waals surface area contributed by atoms with Crippen molar-refractivity contribution < 1.29 is 19.0 Å². The number of nitrogens with zero attached hydrogens (tertiary/aromatic N) is 2. The molecule has 0 saturated carbocycles. The lowest BCUT2D eigenvalue weighted by Gasteiger charge is -2.11. The number of benzene rings is 2. The first-order valence-electron chi connectivity index (χ1n) is 8.96. The summed E-state index contributed by atoms with van der Waals surface area (Å²) in [5.41, 5.74) is 2.03. The van der Waals surface area contributed by atoms with Crippen LogP contribution in [0.15, 0.2) is 60.9 Å². The zero-order valence-corrected chi connectivity index (χ0v) is 15.9. The van der Waals surface area contributed by atoms with E-state index < -0.39 is 0 Å². The molecule has 3 rings (SSSR count). The van der Waals surface area contributed by atoms with Crippen molar-refractivity contribution in [2.75, 3.05) is 19.0 Å². The number of nitrogens with one attached hydrogen (secondary N) is 1. The largest absolute Gasteiger partial charge is 0.493 e. The Bertz CT molecular complexity index is 923. The fraction of sp³-hybridized carbons (Fsp3) is 0.238. The molecule has 0 atom stereocenters. The lowest BCUT2D eigenvalue weighted by Crippen LogP contribution is -2.12. The molecule has 0 unspecified atom stereocenters. The number of methoxy groups -OCH3 is 1. The number of rotatable bonds is 9. The summed E-state index contributed by atoms with van der Waals surface area (Å²) in [5, 5.41) is 6.98. The molecule has 0 aliphatic rings. The highest BCUT2D eigenvalue weighted by Gasteiger charge is 2.09. The highest BCUT2D eigenvalue weighted by molar-refractivity contribution is 6.04. The molecule has 0 bridgehead atoms. The number of carbonyl (C=O) groups excluding carboxylic acids is 1. The van der Waals surface area contributed by atoms with Gasteiger partial charge in [-0.1, -0.05) is 24.3 Å². The van der Waals surface area contributed by atoms with Gasteiger partial charge in [-0.25, -0.2) is 4.68 Å². The third-order valence-corrected chi connectivity index (χ3v) is 3.97. The van der Waals surface area contributed by atoms with Gasteiger partial charge in [-0.05, 0) is 36.8 Å². The summed E-state index contributed by atoms with van der Waals surface area (Å²) >= 11 is 0. The van der Waals surface area contributed by atoms with E-state index in [1.807, 2.05) is 43.3 Å². The minimum absolute atomic E-state index is 0.213. The molecule has 1 amide bonds. The zero-order chi connectivity index (χ0) is 19.8. The second-order valence-electron chi connectivity index (χ2n) is 5.98. The van der Waals surface area contributed by atoms with Gasteiger partial charge in [-0.15, -0.1) is 0 Å². The van der Waals surface area contributed by atoms with Gasteiger partial charge in [-0.2, -0.15) is 5.10 Å². The van der Waals surface area contributed by atoms with Gasteiger partial charge < -0.3 is 19.5 Å². The summed E-state index contributed by atoms with van der Waals surface area (Å²) in [6, 6.07) is 14.7. The summed E-state index contributed by atoms with van der Waals surface area (Å²) in [7, 11) is 1.60. The Morgan fingerprint density at radius 1 is 1.14 bits per heavy atom. The molecule has 1 aromatic heterocycles. The van der Waals surface area contributed by atoms with E-state index in [0.29, 0.717) is 42.7 Å². The molecule has 0 saturated heterocycles. The van der Waals surface area contributed by atoms with Crippen molar-refractivity contribution in [2.45, 2.75) is 20.3 Å². The van der Waals surface area contributed by atoms with E-state index in [0.717, 1.165) is 5.56 Å². The standard InChI is InChI=1S/C21H23N3O4/c1-3-27-15-24-13-18(12-22-24)23-21(25)17-8-6-7-16(11-17)14-28-20-10-5-4-9-19(20)26-2/h4-13H,3,14-15H2,1-2H3,(H,23,25). The molecule has 3 aromatic rings. The van der Waals surface area contributed by atoms with E-state index in [1.54, 1.807) is 36.3 Å². The maximum atomic E-state index is 12.5. The summed E-state index contributed by atoms with van der Waals surface area (Å²) in [6.07, 6.45) is 3.31. The summed E-state index contributed by atoms with van der Waals surface area (Å²) in [5.74, 6) is 1.11. The molecule has 2 aromatic carbocycles. The van der Waals surface area contributed by atoms with Gasteiger partial charge in [-0.3, -0.25) is 4.79 Å². The average Bonchev–Trinajstić information content (AvgIpc) is 3.18. The number of hydrogen-bond donors (Lipinski definition) is 1. The third-order valence-electron chi connectivity index (χ3n) is 3.97. The number of anilines is 1. The molecule has 28 heavy (non-hydrogen) atoms. The minimum Gasteiger partial charge on any atom is -0.493 e. The van der Waals surface area contributed by atoms with Crippen LogP contribution < -0.4 is 14.8 Å². The Labute approximate surface area is 163 Å². The van der Waals surface area contributed by atoms with Crippen LogP contribution in [0.2, 0.25) is 0 Å². The van der Waals surface area contributed by atoms with Crippen molar-refractivity contribution in [1.29, 1.82) is 0 Å². The summed E-state index contributed by atoms with van der Waals surface area (Å²) in [6.45, 7) is 3.19. The van der Waals surface area contributed by atoms with E-state index in [1.165, 1.54) is 0 Å². The third kappa shape index (κ3) is 5.11. The number of carbonyl (C=O) groups is 1. The highest BCUT2D eigenvalue weighted by atomic mass is 16.5. The van der Waals surface area contributed by atoms with Crippen LogP contribution in [-0.4, -0.2) is 29.4 Å². The maximum Gasteiger partial charge on any atom is 0.255 e. The van der Waals surface area contributed by atoms with Gasteiger partial charge in [0.1, 0.15) is 13.3 Å². The van der Waals surface area contributed by atoms with Gasteiger partial charge in [0.25, 0.3) is 5.91 Å². The number of amides is 1. The van der Waals surface area contributed by atoms with Gasteiger partial charge >= 0.3 is 0 Å². The van der Waals surface area contributed by atoms with Crippen LogP contribution in [0.5, 0.6) is 11.5 Å². The predicted octanol–water partition coefficient (Wildman–Crippen LogP) is 3.72. The van der Waals surface area contributed by atoms with Crippen molar-refractivity contribution >= 4 is 11.6 Å². The Balaban J connectivity index is 1.62. The second kappa shape index (κ2) is 9.57. The lowest BCUT2D eigenvalue weighted by atomic mass is 10.1. The topological polar surface area (TPSA) is 74.6 Å². The van der Waals surface area contributed by atoms with Crippen LogP contribution in [0.4, 0.5) is 5.69 Å². The van der Waals surface area contributed by atoms with Crippen LogP contribution in [0.1, 0.15) is 22.8 Å². The molecule has 0 radical (unpaired) electrons. The van der Waals surface area contributed by atoms with Gasteiger partial charge in [0.05, 0.1) is 25.2 Å². The van der Waals surface area contributed by atoms with Crippen LogP contribution in [0.3, 0.4) is 0 Å². The molecule has 1 heterocycles. The first-order chi connectivity index (χ1) is 13.7. The van der Waals surface area contributed by atoms with E-state index in [9.17, 15) is 4.79 Å². The minimum atomic E-state index is -0.213. The molecule has 7 nitrogen and oxygen atoms in total. The molecular weight excluding hydrogens is 358 g/mol. The fourth-order valence-electron chi connectivity index (χ4n) is 2.59. The van der Waals surface area contributed by atoms with Crippen LogP contribution in [0.25, 0.3) is 0 Å². The molecule has 146 valence electrons. The quantitative estimate of drug-likeness (QED) is 0.611. The van der Waals surface area contributed by atoms with Crippen molar-refractivity contribution in [1.82, 2.24) is 9.78 Å². The number of para-hydroxylation sites is 2. The fourth-order valence-corrected chi connectivity index (χ4v) is 2.59. The van der Waals surface area contributed by atoms with Crippen molar-refractivity contribution in [3.05, 3.63) is 72.1 Å². The van der Waals surface area contributed by atoms with E-state index in [4.69, 9.17) is 14.2 Å². The lowest BCUT2D eigenvalue weighted by molar-refractivity contribution is 0.0792. The monoisotopic (exact) mass is 381 g/mol. The van der Waals surface area contributed by atoms with Crippen LogP contribution >= 0.6 is 0 Å². The number of hydrogen-bond acceptors (Lipinski definition) is 5. The van der Waals surface area contributed by atoms with Gasteiger partial charge in [0, 0.05) is 12.2 Å². The molecule has 0 fully saturated rings.